The van der Waals surface area contributed by atoms with Gasteiger partial charge in [-0.1, -0.05) is 13.8 Å². The zero-order valence-electron chi connectivity index (χ0n) is 11.5. The van der Waals surface area contributed by atoms with Crippen molar-refractivity contribution in [3.8, 4) is 0 Å². The Kier molecular flexibility index (Phi) is 6.46. The van der Waals surface area contributed by atoms with Gasteiger partial charge in [0.2, 0.25) is 0 Å². The smallest absolute Gasteiger partial charge is 0.0125 e. The second-order valence-electron chi connectivity index (χ2n) is 5.68. The van der Waals surface area contributed by atoms with E-state index >= 15 is 0 Å². The maximum absolute atomic E-state index is 3.60. The Balaban J connectivity index is 3.62. The Morgan fingerprint density at radius 2 is 1.47 bits per heavy atom. The molecule has 0 fully saturated rings. The van der Waals surface area contributed by atoms with E-state index in [1.165, 1.54) is 19.3 Å². The molecule has 2 heteroatoms. The number of nitrogens with one attached hydrogen (secondary N) is 2. The molecule has 0 bridgehead atoms. The Bertz CT molecular complexity index is 162. The van der Waals surface area contributed by atoms with E-state index in [2.05, 4.69) is 52.2 Å². The van der Waals surface area contributed by atoms with Crippen LogP contribution in [-0.4, -0.2) is 24.2 Å². The van der Waals surface area contributed by atoms with Gasteiger partial charge in [-0.25, -0.2) is 0 Å². The lowest BCUT2D eigenvalue weighted by atomic mass is 9.97. The third-order valence-electron chi connectivity index (χ3n) is 3.12. The van der Waals surface area contributed by atoms with E-state index < -0.39 is 0 Å². The molecule has 92 valence electrons. The van der Waals surface area contributed by atoms with Crippen LogP contribution in [0.5, 0.6) is 0 Å². The summed E-state index contributed by atoms with van der Waals surface area (Å²) in [5.41, 5.74) is 0.578. The number of hydrogen-bond donors (Lipinski definition) is 2. The van der Waals surface area contributed by atoms with Crippen LogP contribution in [0, 0.1) is 0 Å². The molecule has 0 aromatic carbocycles. The Morgan fingerprint density at radius 1 is 0.867 bits per heavy atom. The predicted molar refractivity (Wildman–Crippen MR) is 69.4 cm³/mol. The summed E-state index contributed by atoms with van der Waals surface area (Å²) in [7, 11) is 0. The van der Waals surface area contributed by atoms with Crippen molar-refractivity contribution in [1.82, 2.24) is 10.6 Å². The van der Waals surface area contributed by atoms with Gasteiger partial charge in [-0.2, -0.15) is 0 Å². The highest BCUT2D eigenvalue weighted by molar-refractivity contribution is 4.79. The van der Waals surface area contributed by atoms with Gasteiger partial charge in [0.1, 0.15) is 0 Å². The summed E-state index contributed by atoms with van der Waals surface area (Å²) < 4.78 is 0. The third-order valence-corrected chi connectivity index (χ3v) is 3.12. The topological polar surface area (TPSA) is 24.1 Å². The minimum Gasteiger partial charge on any atom is -0.312 e. The van der Waals surface area contributed by atoms with Gasteiger partial charge in [0.15, 0.2) is 0 Å². The van der Waals surface area contributed by atoms with E-state index in [1.807, 2.05) is 0 Å². The van der Waals surface area contributed by atoms with Gasteiger partial charge < -0.3 is 10.6 Å². The van der Waals surface area contributed by atoms with Gasteiger partial charge in [0, 0.05) is 11.1 Å². The van der Waals surface area contributed by atoms with Crippen LogP contribution in [-0.2, 0) is 0 Å². The first kappa shape index (κ1) is 14.9. The average molecular weight is 214 g/mol. The van der Waals surface area contributed by atoms with Crippen LogP contribution < -0.4 is 10.6 Å². The van der Waals surface area contributed by atoms with E-state index in [9.17, 15) is 0 Å². The van der Waals surface area contributed by atoms with Crippen molar-refractivity contribution in [2.75, 3.05) is 13.1 Å². The summed E-state index contributed by atoms with van der Waals surface area (Å²) in [6, 6.07) is 0. The summed E-state index contributed by atoms with van der Waals surface area (Å²) in [5.74, 6) is 0. The molecule has 0 amide bonds. The molecule has 0 aliphatic rings. The second kappa shape index (κ2) is 6.49. The van der Waals surface area contributed by atoms with Crippen molar-refractivity contribution in [3.05, 3.63) is 0 Å². The van der Waals surface area contributed by atoms with Crippen LogP contribution in [0.25, 0.3) is 0 Å². The highest BCUT2D eigenvalue weighted by Crippen LogP contribution is 2.12. The first-order valence-corrected chi connectivity index (χ1v) is 6.33. The molecule has 0 rings (SSSR count). The molecular weight excluding hydrogens is 184 g/mol. The van der Waals surface area contributed by atoms with Crippen molar-refractivity contribution >= 4 is 0 Å². The van der Waals surface area contributed by atoms with Crippen molar-refractivity contribution in [2.24, 2.45) is 0 Å². The van der Waals surface area contributed by atoms with Crippen LogP contribution in [0.4, 0.5) is 0 Å². The molecule has 0 aromatic heterocycles. The third kappa shape index (κ3) is 7.80. The lowest BCUT2D eigenvalue weighted by molar-refractivity contribution is 0.330. The van der Waals surface area contributed by atoms with E-state index in [1.54, 1.807) is 0 Å². The summed E-state index contributed by atoms with van der Waals surface area (Å²) in [4.78, 5) is 0. The Labute approximate surface area is 96.2 Å². The molecule has 0 aliphatic heterocycles. The van der Waals surface area contributed by atoms with E-state index in [0.717, 1.165) is 13.1 Å². The minimum absolute atomic E-state index is 0.285. The Morgan fingerprint density at radius 3 is 1.93 bits per heavy atom. The Hall–Kier alpha value is -0.0800. The first-order valence-electron chi connectivity index (χ1n) is 6.33. The zero-order chi connectivity index (χ0) is 11.9. The zero-order valence-corrected chi connectivity index (χ0v) is 11.5. The lowest BCUT2D eigenvalue weighted by Crippen LogP contribution is -2.42. The van der Waals surface area contributed by atoms with Crippen LogP contribution in [0.1, 0.15) is 60.8 Å². The van der Waals surface area contributed by atoms with Crippen molar-refractivity contribution in [3.63, 3.8) is 0 Å². The highest BCUT2D eigenvalue weighted by Gasteiger charge is 2.17. The van der Waals surface area contributed by atoms with Crippen LogP contribution in [0.2, 0.25) is 0 Å². The predicted octanol–water partition coefficient (Wildman–Crippen LogP) is 2.93. The van der Waals surface area contributed by atoms with Crippen molar-refractivity contribution in [2.45, 2.75) is 71.9 Å². The molecule has 0 atom stereocenters. The summed E-state index contributed by atoms with van der Waals surface area (Å²) in [6.07, 6.45) is 3.65. The van der Waals surface area contributed by atoms with Gasteiger partial charge in [0.25, 0.3) is 0 Å². The van der Waals surface area contributed by atoms with Gasteiger partial charge in [-0.15, -0.1) is 0 Å². The van der Waals surface area contributed by atoms with Gasteiger partial charge in [-0.05, 0) is 60.0 Å². The summed E-state index contributed by atoms with van der Waals surface area (Å²) in [5, 5.41) is 7.10. The van der Waals surface area contributed by atoms with E-state index in [-0.39, 0.29) is 5.54 Å². The fraction of sp³-hybridized carbons (Fsp3) is 1.00. The lowest BCUT2D eigenvalue weighted by Gasteiger charge is -2.28. The molecule has 0 aliphatic carbocycles. The average Bonchev–Trinajstić information content (AvgIpc) is 2.13. The highest BCUT2D eigenvalue weighted by atomic mass is 15.0. The molecule has 0 heterocycles. The van der Waals surface area contributed by atoms with Crippen LogP contribution in [0.15, 0.2) is 0 Å². The van der Waals surface area contributed by atoms with Crippen LogP contribution >= 0.6 is 0 Å². The normalized spacial score (nSPS) is 13.2. The standard InChI is InChI=1S/C13H30N2/c1-7-12(3,4)15-11-9-10-13(5,6)14-8-2/h14-15H,7-11H2,1-6H3. The molecule has 2 N–H and O–H groups in total. The molecule has 0 spiro atoms. The number of hydrogen-bond acceptors (Lipinski definition) is 2. The quantitative estimate of drug-likeness (QED) is 0.607. The van der Waals surface area contributed by atoms with Gasteiger partial charge in [0.05, 0.1) is 0 Å². The maximum atomic E-state index is 3.60. The minimum atomic E-state index is 0.285. The maximum Gasteiger partial charge on any atom is 0.0125 e. The monoisotopic (exact) mass is 214 g/mol. The molecule has 0 aromatic rings. The fourth-order valence-corrected chi connectivity index (χ4v) is 1.65. The van der Waals surface area contributed by atoms with E-state index in [4.69, 9.17) is 0 Å². The largest absolute Gasteiger partial charge is 0.312 e. The van der Waals surface area contributed by atoms with Crippen molar-refractivity contribution < 1.29 is 0 Å². The molecule has 15 heavy (non-hydrogen) atoms. The summed E-state index contributed by atoms with van der Waals surface area (Å²) >= 11 is 0. The first-order chi connectivity index (χ1) is 6.83. The van der Waals surface area contributed by atoms with Crippen LogP contribution in [0.3, 0.4) is 0 Å². The van der Waals surface area contributed by atoms with Crippen molar-refractivity contribution in [1.29, 1.82) is 0 Å². The second-order valence-corrected chi connectivity index (χ2v) is 5.68. The van der Waals surface area contributed by atoms with E-state index in [0.29, 0.717) is 5.54 Å². The van der Waals surface area contributed by atoms with Gasteiger partial charge in [-0.3, -0.25) is 0 Å². The molecule has 0 saturated carbocycles. The molecule has 0 radical (unpaired) electrons. The molecule has 0 unspecified atom stereocenters. The fourth-order valence-electron chi connectivity index (χ4n) is 1.65. The molecular formula is C13H30N2. The number of rotatable bonds is 8. The summed E-state index contributed by atoms with van der Waals surface area (Å²) in [6.45, 7) is 15.7. The molecule has 0 saturated heterocycles. The van der Waals surface area contributed by atoms with Gasteiger partial charge >= 0.3 is 0 Å². The molecule has 2 nitrogen and oxygen atoms in total. The SMILES string of the molecule is CCNC(C)(C)CCCNC(C)(C)CC.